The second-order valence-electron chi connectivity index (χ2n) is 6.82. The molecule has 3 rings (SSSR count). The van der Waals surface area contributed by atoms with Crippen molar-refractivity contribution in [3.63, 3.8) is 0 Å². The lowest BCUT2D eigenvalue weighted by atomic mass is 9.90. The van der Waals surface area contributed by atoms with Gasteiger partial charge < -0.3 is 9.64 Å². The molecule has 2 aromatic rings. The maximum atomic E-state index is 13.7. The number of hydrogen-bond acceptors (Lipinski definition) is 2. The summed E-state index contributed by atoms with van der Waals surface area (Å²) in [6.45, 7) is 5.08. The lowest BCUT2D eigenvalue weighted by Gasteiger charge is -2.37. The number of benzene rings is 2. The molecule has 0 N–H and O–H groups in total. The second kappa shape index (κ2) is 8.61. The Kier molecular flexibility index (Phi) is 6.22. The van der Waals surface area contributed by atoms with E-state index in [-0.39, 0.29) is 18.1 Å². The van der Waals surface area contributed by atoms with Gasteiger partial charge in [-0.2, -0.15) is 0 Å². The van der Waals surface area contributed by atoms with Crippen molar-refractivity contribution in [3.05, 3.63) is 59.7 Å². The van der Waals surface area contributed by atoms with Crippen molar-refractivity contribution in [3.8, 4) is 11.1 Å². The van der Waals surface area contributed by atoms with E-state index in [1.165, 1.54) is 12.1 Å². The molecule has 1 heterocycles. The van der Waals surface area contributed by atoms with E-state index >= 15 is 0 Å². The van der Waals surface area contributed by atoms with Crippen LogP contribution in [-0.4, -0.2) is 30.0 Å². The van der Waals surface area contributed by atoms with Gasteiger partial charge in [0, 0.05) is 31.7 Å². The molecule has 144 valence electrons. The van der Waals surface area contributed by atoms with Gasteiger partial charge in [0.1, 0.15) is 11.6 Å². The van der Waals surface area contributed by atoms with Gasteiger partial charge in [0.2, 0.25) is 5.91 Å². The summed E-state index contributed by atoms with van der Waals surface area (Å²) < 4.78 is 33.4. The molecule has 1 fully saturated rings. The maximum absolute atomic E-state index is 13.7. The highest BCUT2D eigenvalue weighted by Gasteiger charge is 2.30. The molecular formula is C22H25F2NO2. The Morgan fingerprint density at radius 2 is 1.85 bits per heavy atom. The van der Waals surface area contributed by atoms with E-state index in [0.717, 1.165) is 23.6 Å². The standard InChI is InChI=1S/C22H25F2NO2/c1-3-22(26)25(4-2)18-9-10-27-21(14-18)20-8-6-5-7-19(20)15-11-16(23)13-17(24)12-15/h5-8,11-13,18,21H,3-4,9-10,14H2,1-2H3/t18-,21+/m0/s1. The minimum absolute atomic E-state index is 0.110. The summed E-state index contributed by atoms with van der Waals surface area (Å²) in [6, 6.07) is 11.2. The largest absolute Gasteiger partial charge is 0.373 e. The van der Waals surface area contributed by atoms with Crippen molar-refractivity contribution >= 4 is 5.91 Å². The smallest absolute Gasteiger partial charge is 0.222 e. The van der Waals surface area contributed by atoms with E-state index in [0.29, 0.717) is 31.6 Å². The molecule has 2 atom stereocenters. The first-order valence-electron chi connectivity index (χ1n) is 9.50. The van der Waals surface area contributed by atoms with Gasteiger partial charge in [-0.15, -0.1) is 0 Å². The average molecular weight is 373 g/mol. The van der Waals surface area contributed by atoms with E-state index in [1.54, 1.807) is 0 Å². The van der Waals surface area contributed by atoms with Gasteiger partial charge in [-0.25, -0.2) is 8.78 Å². The van der Waals surface area contributed by atoms with Crippen LogP contribution in [0.5, 0.6) is 0 Å². The molecule has 1 saturated heterocycles. The Morgan fingerprint density at radius 1 is 1.15 bits per heavy atom. The van der Waals surface area contributed by atoms with Gasteiger partial charge in [0.15, 0.2) is 0 Å². The van der Waals surface area contributed by atoms with E-state index in [2.05, 4.69) is 0 Å². The highest BCUT2D eigenvalue weighted by molar-refractivity contribution is 5.76. The molecule has 27 heavy (non-hydrogen) atoms. The van der Waals surface area contributed by atoms with Crippen LogP contribution in [0, 0.1) is 11.6 Å². The van der Waals surface area contributed by atoms with Crippen LogP contribution in [-0.2, 0) is 9.53 Å². The SMILES string of the molecule is CCC(=O)N(CC)[C@H]1CCO[C@@H](c2ccccc2-c2cc(F)cc(F)c2)C1. The van der Waals surface area contributed by atoms with Crippen LogP contribution < -0.4 is 0 Å². The third-order valence-corrected chi connectivity index (χ3v) is 5.14. The summed E-state index contributed by atoms with van der Waals surface area (Å²) in [6.07, 6.45) is 1.74. The first kappa shape index (κ1) is 19.5. The van der Waals surface area contributed by atoms with Gasteiger partial charge in [0.05, 0.1) is 6.10 Å². The number of amides is 1. The monoisotopic (exact) mass is 373 g/mol. The lowest BCUT2D eigenvalue weighted by Crippen LogP contribution is -2.43. The maximum Gasteiger partial charge on any atom is 0.222 e. The van der Waals surface area contributed by atoms with Crippen LogP contribution in [0.2, 0.25) is 0 Å². The number of halogens is 2. The van der Waals surface area contributed by atoms with Crippen molar-refractivity contribution in [2.45, 2.75) is 45.3 Å². The summed E-state index contributed by atoms with van der Waals surface area (Å²) in [5.74, 6) is -1.07. The van der Waals surface area contributed by atoms with Crippen LogP contribution in [0.25, 0.3) is 11.1 Å². The topological polar surface area (TPSA) is 29.5 Å². The van der Waals surface area contributed by atoms with Gasteiger partial charge >= 0.3 is 0 Å². The number of ether oxygens (including phenoxy) is 1. The van der Waals surface area contributed by atoms with Crippen molar-refractivity contribution in [1.29, 1.82) is 0 Å². The second-order valence-corrected chi connectivity index (χ2v) is 6.82. The molecule has 1 aliphatic heterocycles. The number of nitrogens with zero attached hydrogens (tertiary/aromatic N) is 1. The zero-order valence-corrected chi connectivity index (χ0v) is 15.8. The van der Waals surface area contributed by atoms with Gasteiger partial charge in [0.25, 0.3) is 0 Å². The molecule has 0 aromatic heterocycles. The molecule has 5 heteroatoms. The van der Waals surface area contributed by atoms with Gasteiger partial charge in [-0.05, 0) is 48.6 Å². The Bertz CT molecular complexity index is 788. The number of carbonyl (C=O) groups is 1. The van der Waals surface area contributed by atoms with Crippen LogP contribution in [0.15, 0.2) is 42.5 Å². The molecule has 0 aliphatic carbocycles. The van der Waals surface area contributed by atoms with E-state index in [9.17, 15) is 13.6 Å². The Balaban J connectivity index is 1.91. The fourth-order valence-corrected chi connectivity index (χ4v) is 3.87. The van der Waals surface area contributed by atoms with Crippen LogP contribution in [0.4, 0.5) is 8.78 Å². The van der Waals surface area contributed by atoms with Crippen LogP contribution in [0.3, 0.4) is 0 Å². The fourth-order valence-electron chi connectivity index (χ4n) is 3.87. The van der Waals surface area contributed by atoms with Crippen LogP contribution in [0.1, 0.15) is 44.8 Å². The van der Waals surface area contributed by atoms with Crippen molar-refractivity contribution in [2.24, 2.45) is 0 Å². The fraction of sp³-hybridized carbons (Fsp3) is 0.409. The van der Waals surface area contributed by atoms with Crippen molar-refractivity contribution in [2.75, 3.05) is 13.2 Å². The first-order valence-corrected chi connectivity index (χ1v) is 9.50. The Labute approximate surface area is 158 Å². The van der Waals surface area contributed by atoms with Gasteiger partial charge in [-0.1, -0.05) is 31.2 Å². The zero-order chi connectivity index (χ0) is 19.4. The molecule has 3 nitrogen and oxygen atoms in total. The minimum Gasteiger partial charge on any atom is -0.373 e. The molecule has 0 unspecified atom stereocenters. The highest BCUT2D eigenvalue weighted by atomic mass is 19.1. The molecule has 1 aliphatic rings. The molecule has 0 saturated carbocycles. The summed E-state index contributed by atoms with van der Waals surface area (Å²) >= 11 is 0. The predicted molar refractivity (Wildman–Crippen MR) is 101 cm³/mol. The molecule has 0 bridgehead atoms. The van der Waals surface area contributed by atoms with Gasteiger partial charge in [-0.3, -0.25) is 4.79 Å². The number of carbonyl (C=O) groups excluding carboxylic acids is 1. The Hall–Kier alpha value is -2.27. The molecule has 1 amide bonds. The molecular weight excluding hydrogens is 348 g/mol. The summed E-state index contributed by atoms with van der Waals surface area (Å²) in [4.78, 5) is 14.2. The van der Waals surface area contributed by atoms with E-state index in [1.807, 2.05) is 43.0 Å². The summed E-state index contributed by atoms with van der Waals surface area (Å²) in [5, 5.41) is 0. The highest BCUT2D eigenvalue weighted by Crippen LogP contribution is 2.37. The quantitative estimate of drug-likeness (QED) is 0.729. The molecule has 0 spiro atoms. The van der Waals surface area contributed by atoms with Crippen molar-refractivity contribution < 1.29 is 18.3 Å². The average Bonchev–Trinajstić information content (AvgIpc) is 2.68. The molecule has 2 aromatic carbocycles. The van der Waals surface area contributed by atoms with E-state index in [4.69, 9.17) is 4.74 Å². The summed E-state index contributed by atoms with van der Waals surface area (Å²) in [7, 11) is 0. The lowest BCUT2D eigenvalue weighted by molar-refractivity contribution is -0.136. The number of rotatable bonds is 5. The van der Waals surface area contributed by atoms with E-state index < -0.39 is 11.6 Å². The third kappa shape index (κ3) is 4.35. The van der Waals surface area contributed by atoms with Crippen LogP contribution >= 0.6 is 0 Å². The first-order chi connectivity index (χ1) is 13.0. The molecule has 0 radical (unpaired) electrons. The Morgan fingerprint density at radius 3 is 2.52 bits per heavy atom. The normalized spacial score (nSPS) is 19.7. The third-order valence-electron chi connectivity index (χ3n) is 5.14. The predicted octanol–water partition coefficient (Wildman–Crippen LogP) is 5.11. The van der Waals surface area contributed by atoms with Crippen molar-refractivity contribution in [1.82, 2.24) is 4.90 Å². The number of hydrogen-bond donors (Lipinski definition) is 0. The zero-order valence-electron chi connectivity index (χ0n) is 15.8. The summed E-state index contributed by atoms with van der Waals surface area (Å²) in [5.41, 5.74) is 2.14. The minimum atomic E-state index is -0.604.